The molecule has 2 heterocycles. The molecule has 0 radical (unpaired) electrons. The number of anilines is 1. The molecule has 0 saturated heterocycles. The minimum atomic E-state index is -0.239. The van der Waals surface area contributed by atoms with Gasteiger partial charge in [0.25, 0.3) is 11.8 Å². The molecule has 0 bridgehead atoms. The largest absolute Gasteiger partial charge is 0.348 e. The average Bonchev–Trinajstić information content (AvgIpc) is 3.09. The van der Waals surface area contributed by atoms with Crippen molar-refractivity contribution in [3.63, 3.8) is 0 Å². The average molecular weight is 306 g/mol. The maximum Gasteiger partial charge on any atom is 0.272 e. The molecular weight excluding hydrogens is 288 g/mol. The highest BCUT2D eigenvalue weighted by atomic mass is 32.1. The number of amides is 2. The first-order valence-corrected chi connectivity index (χ1v) is 7.59. The van der Waals surface area contributed by atoms with Crippen LogP contribution in [0.5, 0.6) is 0 Å². The van der Waals surface area contributed by atoms with E-state index in [1.54, 1.807) is 19.2 Å². The summed E-state index contributed by atoms with van der Waals surface area (Å²) in [5, 5.41) is 11.6. The van der Waals surface area contributed by atoms with Gasteiger partial charge >= 0.3 is 0 Å². The van der Waals surface area contributed by atoms with Gasteiger partial charge in [0.2, 0.25) is 0 Å². The highest BCUT2D eigenvalue weighted by molar-refractivity contribution is 7.12. The van der Waals surface area contributed by atoms with Crippen LogP contribution in [-0.2, 0) is 7.05 Å². The van der Waals surface area contributed by atoms with E-state index in [1.165, 1.54) is 16.0 Å². The topological polar surface area (TPSA) is 76.0 Å². The highest BCUT2D eigenvalue weighted by Gasteiger charge is 2.16. The molecule has 0 fully saturated rings. The third-order valence-electron chi connectivity index (χ3n) is 3.09. The van der Waals surface area contributed by atoms with Crippen molar-refractivity contribution in [2.24, 2.45) is 7.05 Å². The van der Waals surface area contributed by atoms with Crippen LogP contribution in [0.4, 0.5) is 5.82 Å². The van der Waals surface area contributed by atoms with Gasteiger partial charge in [-0.05, 0) is 24.8 Å². The van der Waals surface area contributed by atoms with Gasteiger partial charge in [-0.15, -0.1) is 11.3 Å². The van der Waals surface area contributed by atoms with Crippen LogP contribution in [0.3, 0.4) is 0 Å². The Bertz CT molecular complexity index is 633. The molecule has 1 atom stereocenters. The second-order valence-electron chi connectivity index (χ2n) is 4.75. The molecule has 2 amide bonds. The van der Waals surface area contributed by atoms with Crippen LogP contribution < -0.4 is 10.6 Å². The zero-order chi connectivity index (χ0) is 15.4. The van der Waals surface area contributed by atoms with Crippen molar-refractivity contribution >= 4 is 29.0 Å². The van der Waals surface area contributed by atoms with E-state index in [2.05, 4.69) is 15.7 Å². The van der Waals surface area contributed by atoms with Gasteiger partial charge in [0, 0.05) is 19.2 Å². The number of nitrogens with one attached hydrogen (secondary N) is 2. The number of carbonyl (C=O) groups is 2. The lowest BCUT2D eigenvalue weighted by Gasteiger charge is -2.09. The number of aromatic nitrogens is 2. The van der Waals surface area contributed by atoms with Gasteiger partial charge in [-0.1, -0.05) is 13.0 Å². The summed E-state index contributed by atoms with van der Waals surface area (Å²) in [7, 11) is 1.68. The maximum absolute atomic E-state index is 12.0. The molecule has 21 heavy (non-hydrogen) atoms. The van der Waals surface area contributed by atoms with Crippen LogP contribution >= 0.6 is 11.3 Å². The number of aryl methyl sites for hydroxylation is 1. The van der Waals surface area contributed by atoms with Crippen molar-refractivity contribution in [3.05, 3.63) is 34.2 Å². The number of hydrogen-bond donors (Lipinski definition) is 2. The molecule has 0 saturated carbocycles. The number of nitrogens with zero attached hydrogens (tertiary/aromatic N) is 2. The van der Waals surface area contributed by atoms with Crippen molar-refractivity contribution in [1.29, 1.82) is 0 Å². The summed E-state index contributed by atoms with van der Waals surface area (Å²) in [4.78, 5) is 24.6. The lowest BCUT2D eigenvalue weighted by Crippen LogP contribution is -2.32. The summed E-state index contributed by atoms with van der Waals surface area (Å²) >= 11 is 1.36. The van der Waals surface area contributed by atoms with Gasteiger partial charge in [-0.3, -0.25) is 14.3 Å². The summed E-state index contributed by atoms with van der Waals surface area (Å²) in [6.45, 7) is 3.93. The fourth-order valence-electron chi connectivity index (χ4n) is 1.68. The minimum absolute atomic E-state index is 0.0867. The smallest absolute Gasteiger partial charge is 0.272 e. The molecule has 6 nitrogen and oxygen atoms in total. The van der Waals surface area contributed by atoms with Gasteiger partial charge in [0.15, 0.2) is 5.69 Å². The number of rotatable bonds is 5. The maximum atomic E-state index is 12.0. The van der Waals surface area contributed by atoms with Crippen molar-refractivity contribution in [3.8, 4) is 0 Å². The van der Waals surface area contributed by atoms with E-state index in [9.17, 15) is 9.59 Å². The van der Waals surface area contributed by atoms with Crippen molar-refractivity contribution in [2.75, 3.05) is 5.32 Å². The Kier molecular flexibility index (Phi) is 4.74. The predicted octanol–water partition coefficient (Wildman–Crippen LogP) is 2.26. The van der Waals surface area contributed by atoms with Crippen molar-refractivity contribution in [2.45, 2.75) is 26.3 Å². The van der Waals surface area contributed by atoms with Gasteiger partial charge in [0.05, 0.1) is 4.88 Å². The minimum Gasteiger partial charge on any atom is -0.348 e. The monoisotopic (exact) mass is 306 g/mol. The molecule has 0 aliphatic heterocycles. The van der Waals surface area contributed by atoms with Crippen LogP contribution in [0.15, 0.2) is 23.6 Å². The summed E-state index contributed by atoms with van der Waals surface area (Å²) in [5.41, 5.74) is 0.291. The molecule has 112 valence electrons. The van der Waals surface area contributed by atoms with Gasteiger partial charge < -0.3 is 10.6 Å². The standard InChI is InChI=1S/C14H18N4O2S/c1-4-9(2)15-13(19)10-8-12(18(3)17-10)16-14(20)11-6-5-7-21-11/h5-9H,4H2,1-3H3,(H,15,19)(H,16,20). The quantitative estimate of drug-likeness (QED) is 0.889. The van der Waals surface area contributed by atoms with E-state index < -0.39 is 0 Å². The highest BCUT2D eigenvalue weighted by Crippen LogP contribution is 2.14. The molecule has 0 aliphatic rings. The molecule has 2 aromatic heterocycles. The van der Waals surface area contributed by atoms with Gasteiger partial charge in [-0.25, -0.2) is 0 Å². The molecule has 0 aromatic carbocycles. The first kappa shape index (κ1) is 15.2. The molecule has 7 heteroatoms. The Morgan fingerprint density at radius 2 is 2.19 bits per heavy atom. The zero-order valence-electron chi connectivity index (χ0n) is 12.2. The van der Waals surface area contributed by atoms with Crippen molar-refractivity contribution < 1.29 is 9.59 Å². The number of carbonyl (C=O) groups excluding carboxylic acids is 2. The van der Waals surface area contributed by atoms with E-state index in [0.717, 1.165) is 6.42 Å². The van der Waals surface area contributed by atoms with Crippen molar-refractivity contribution in [1.82, 2.24) is 15.1 Å². The van der Waals surface area contributed by atoms with Crippen LogP contribution in [0.25, 0.3) is 0 Å². The van der Waals surface area contributed by atoms with Crippen LogP contribution in [0, 0.1) is 0 Å². The Labute approximate surface area is 127 Å². The van der Waals surface area contributed by atoms with Gasteiger partial charge in [0.1, 0.15) is 5.82 Å². The first-order chi connectivity index (χ1) is 10.0. The summed E-state index contributed by atoms with van der Waals surface area (Å²) < 4.78 is 1.48. The number of thiophene rings is 1. The van der Waals surface area contributed by atoms with E-state index in [4.69, 9.17) is 0 Å². The zero-order valence-corrected chi connectivity index (χ0v) is 13.0. The second kappa shape index (κ2) is 6.53. The fraction of sp³-hybridized carbons (Fsp3) is 0.357. The van der Waals surface area contributed by atoms with Crippen LogP contribution in [0.1, 0.15) is 40.4 Å². The Hall–Kier alpha value is -2.15. The lowest BCUT2D eigenvalue weighted by molar-refractivity contribution is 0.0932. The third kappa shape index (κ3) is 3.69. The summed E-state index contributed by atoms with van der Waals surface area (Å²) in [6.07, 6.45) is 0.848. The lowest BCUT2D eigenvalue weighted by atomic mass is 10.2. The fourth-order valence-corrected chi connectivity index (χ4v) is 2.30. The van der Waals surface area contributed by atoms with Crippen LogP contribution in [-0.4, -0.2) is 27.6 Å². The predicted molar refractivity (Wildman–Crippen MR) is 82.7 cm³/mol. The van der Waals surface area contributed by atoms with E-state index >= 15 is 0 Å². The Morgan fingerprint density at radius 1 is 1.43 bits per heavy atom. The summed E-state index contributed by atoms with van der Waals surface area (Å²) in [5.74, 6) is 0.0427. The molecule has 2 N–H and O–H groups in total. The van der Waals surface area contributed by atoms with E-state index in [1.807, 2.05) is 25.3 Å². The Morgan fingerprint density at radius 3 is 2.81 bits per heavy atom. The number of hydrogen-bond acceptors (Lipinski definition) is 4. The normalized spacial score (nSPS) is 12.0. The third-order valence-corrected chi connectivity index (χ3v) is 3.96. The molecular formula is C14H18N4O2S. The molecule has 0 spiro atoms. The van der Waals surface area contributed by atoms with E-state index in [0.29, 0.717) is 16.4 Å². The van der Waals surface area contributed by atoms with Crippen LogP contribution in [0.2, 0.25) is 0 Å². The SMILES string of the molecule is CCC(C)NC(=O)c1cc(NC(=O)c2cccs2)n(C)n1. The van der Waals surface area contributed by atoms with E-state index in [-0.39, 0.29) is 17.9 Å². The molecule has 2 rings (SSSR count). The molecule has 1 unspecified atom stereocenters. The second-order valence-corrected chi connectivity index (χ2v) is 5.70. The molecule has 2 aromatic rings. The first-order valence-electron chi connectivity index (χ1n) is 6.71. The molecule has 0 aliphatic carbocycles. The van der Waals surface area contributed by atoms with Gasteiger partial charge in [-0.2, -0.15) is 5.10 Å². The Balaban J connectivity index is 2.09. The summed E-state index contributed by atoms with van der Waals surface area (Å²) in [6, 6.07) is 5.22.